The Morgan fingerprint density at radius 3 is 0.905 bits per heavy atom. The summed E-state index contributed by atoms with van der Waals surface area (Å²) in [6, 6.07) is 0. The van der Waals surface area contributed by atoms with E-state index < -0.39 is 12.4 Å². The summed E-state index contributed by atoms with van der Waals surface area (Å²) in [5, 5.41) is 0. The van der Waals surface area contributed by atoms with Crippen molar-refractivity contribution in [3.8, 4) is 0 Å². The first-order chi connectivity index (χ1) is 9.37. The van der Waals surface area contributed by atoms with Crippen LogP contribution in [0.1, 0.15) is 55.4 Å². The van der Waals surface area contributed by atoms with E-state index in [2.05, 4.69) is 60.2 Å². The molecule has 0 radical (unpaired) electrons. The molecule has 0 aromatic rings. The third-order valence-corrected chi connectivity index (χ3v) is 14.5. The first-order valence-electron chi connectivity index (χ1n) is 8.33. The van der Waals surface area contributed by atoms with Crippen molar-refractivity contribution in [2.45, 2.75) is 55.4 Å². The molecule has 0 aromatic carbocycles. The second-order valence-electron chi connectivity index (χ2n) is 8.18. The molecule has 0 saturated carbocycles. The van der Waals surface area contributed by atoms with Crippen molar-refractivity contribution >= 4 is 36.0 Å². The Hall–Kier alpha value is 1.26. The SMILES string of the molecule is CC(C)CP(=S)(CC(C)C)NP(=S)(CC(C)C)CC(C)C. The van der Waals surface area contributed by atoms with Crippen LogP contribution in [0.25, 0.3) is 0 Å². The molecule has 5 heteroatoms. The van der Waals surface area contributed by atoms with Crippen molar-refractivity contribution in [2.24, 2.45) is 23.7 Å². The summed E-state index contributed by atoms with van der Waals surface area (Å²) in [5.41, 5.74) is 0. The number of hydrogen-bond acceptors (Lipinski definition) is 2. The van der Waals surface area contributed by atoms with Crippen molar-refractivity contribution in [1.82, 2.24) is 4.86 Å². The van der Waals surface area contributed by atoms with Gasteiger partial charge in [0, 0.05) is 12.4 Å². The number of nitrogens with one attached hydrogen (secondary N) is 1. The lowest BCUT2D eigenvalue weighted by Gasteiger charge is -2.36. The minimum absolute atomic E-state index is 0.656. The molecule has 21 heavy (non-hydrogen) atoms. The lowest BCUT2D eigenvalue weighted by atomic mass is 10.3. The second-order valence-corrected chi connectivity index (χ2v) is 18.2. The zero-order valence-corrected chi connectivity index (χ0v) is 18.8. The van der Waals surface area contributed by atoms with Crippen molar-refractivity contribution in [3.05, 3.63) is 0 Å². The molecule has 0 unspecified atom stereocenters. The van der Waals surface area contributed by atoms with E-state index in [1.807, 2.05) is 0 Å². The van der Waals surface area contributed by atoms with Gasteiger partial charge >= 0.3 is 0 Å². The maximum absolute atomic E-state index is 6.17. The molecule has 128 valence electrons. The Kier molecular flexibility index (Phi) is 10.1. The minimum Gasteiger partial charge on any atom is -0.259 e. The first kappa shape index (κ1) is 22.3. The second kappa shape index (κ2) is 9.53. The van der Waals surface area contributed by atoms with E-state index >= 15 is 0 Å². The molecule has 0 spiro atoms. The monoisotopic (exact) mass is 369 g/mol. The zero-order valence-electron chi connectivity index (χ0n) is 15.3. The average Bonchev–Trinajstić information content (AvgIpc) is 2.07. The highest BCUT2D eigenvalue weighted by atomic mass is 32.5. The van der Waals surface area contributed by atoms with Gasteiger partial charge < -0.3 is 0 Å². The maximum atomic E-state index is 6.17. The van der Waals surface area contributed by atoms with E-state index in [0.717, 1.165) is 24.6 Å². The topological polar surface area (TPSA) is 12.0 Å². The molecule has 0 fully saturated rings. The average molecular weight is 370 g/mol. The van der Waals surface area contributed by atoms with Crippen LogP contribution in [0.2, 0.25) is 0 Å². The van der Waals surface area contributed by atoms with Gasteiger partial charge in [-0.25, -0.2) is 0 Å². The Labute approximate surface area is 144 Å². The summed E-state index contributed by atoms with van der Waals surface area (Å²) in [7, 11) is 0. The highest BCUT2D eigenvalue weighted by Crippen LogP contribution is 2.58. The van der Waals surface area contributed by atoms with Crippen molar-refractivity contribution in [1.29, 1.82) is 0 Å². The fourth-order valence-corrected chi connectivity index (χ4v) is 18.8. The highest BCUT2D eigenvalue weighted by Gasteiger charge is 2.28. The Bertz CT molecular complexity index is 326. The Morgan fingerprint density at radius 1 is 0.571 bits per heavy atom. The van der Waals surface area contributed by atoms with Crippen LogP contribution in [0.5, 0.6) is 0 Å². The largest absolute Gasteiger partial charge is 0.259 e. The Morgan fingerprint density at radius 2 is 0.762 bits per heavy atom. The molecule has 0 aliphatic carbocycles. The number of hydrogen-bond donors (Lipinski definition) is 1. The standard InChI is InChI=1S/C16H37NP2S2/c1-13(2)9-18(20,10-14(3)4)17-19(21,11-15(5)6)12-16(7)8/h13-16H,9-12H2,1-8H3,(H,17,20,21). The van der Waals surface area contributed by atoms with Crippen molar-refractivity contribution < 1.29 is 0 Å². The smallest absolute Gasteiger partial charge is 0.0169 e. The van der Waals surface area contributed by atoms with Gasteiger partial charge in [-0.2, -0.15) is 0 Å². The van der Waals surface area contributed by atoms with Crippen molar-refractivity contribution in [3.63, 3.8) is 0 Å². The van der Waals surface area contributed by atoms with E-state index in [9.17, 15) is 0 Å². The first-order valence-corrected chi connectivity index (χ1v) is 14.7. The van der Waals surface area contributed by atoms with Gasteiger partial charge in [-0.1, -0.05) is 79.0 Å². The molecule has 0 heterocycles. The summed E-state index contributed by atoms with van der Waals surface area (Å²) in [4.78, 5) is 3.98. The van der Waals surface area contributed by atoms with E-state index in [4.69, 9.17) is 23.6 Å². The maximum Gasteiger partial charge on any atom is 0.0169 e. The molecule has 1 N–H and O–H groups in total. The molecule has 0 aliphatic heterocycles. The van der Waals surface area contributed by atoms with Crippen LogP contribution in [0.15, 0.2) is 0 Å². The molecular formula is C16H37NP2S2. The summed E-state index contributed by atoms with van der Waals surface area (Å²) in [5.74, 6) is 2.62. The van der Waals surface area contributed by atoms with Crippen LogP contribution < -0.4 is 4.86 Å². The van der Waals surface area contributed by atoms with Crippen LogP contribution >= 0.6 is 12.4 Å². The van der Waals surface area contributed by atoms with E-state index in [-0.39, 0.29) is 0 Å². The summed E-state index contributed by atoms with van der Waals surface area (Å²) in [6.07, 6.45) is 1.52. The quantitative estimate of drug-likeness (QED) is 0.475. The molecule has 0 rings (SSSR count). The van der Waals surface area contributed by atoms with Gasteiger partial charge in [0.25, 0.3) is 0 Å². The van der Waals surface area contributed by atoms with Crippen LogP contribution in [-0.4, -0.2) is 24.6 Å². The normalized spacial score (nSPS) is 13.9. The fraction of sp³-hybridized carbons (Fsp3) is 1.00. The Balaban J connectivity index is 5.29. The molecule has 0 atom stereocenters. The molecule has 0 amide bonds. The summed E-state index contributed by atoms with van der Waals surface area (Å²) in [6.45, 7) is 18.3. The zero-order chi connectivity index (χ0) is 16.8. The van der Waals surface area contributed by atoms with Gasteiger partial charge in [-0.05, 0) is 48.3 Å². The summed E-state index contributed by atoms with van der Waals surface area (Å²) >= 11 is 12.3. The third-order valence-electron chi connectivity index (χ3n) is 3.00. The molecule has 0 saturated heterocycles. The third kappa shape index (κ3) is 10.6. The lowest BCUT2D eigenvalue weighted by Crippen LogP contribution is -2.22. The fourth-order valence-electron chi connectivity index (χ4n) is 3.00. The molecular weight excluding hydrogens is 332 g/mol. The molecule has 0 bridgehead atoms. The van der Waals surface area contributed by atoms with E-state index in [1.54, 1.807) is 0 Å². The highest BCUT2D eigenvalue weighted by molar-refractivity contribution is 8.22. The van der Waals surface area contributed by atoms with Gasteiger partial charge in [0.1, 0.15) is 0 Å². The molecule has 0 aliphatic rings. The van der Waals surface area contributed by atoms with Crippen LogP contribution in [0, 0.1) is 23.7 Å². The van der Waals surface area contributed by atoms with E-state index in [1.165, 1.54) is 0 Å². The predicted molar refractivity (Wildman–Crippen MR) is 111 cm³/mol. The van der Waals surface area contributed by atoms with Crippen molar-refractivity contribution in [2.75, 3.05) is 24.6 Å². The molecule has 1 nitrogen and oxygen atoms in total. The predicted octanol–water partition coefficient (Wildman–Crippen LogP) is 5.99. The van der Waals surface area contributed by atoms with Crippen LogP contribution in [0.4, 0.5) is 0 Å². The lowest BCUT2D eigenvalue weighted by molar-refractivity contribution is 0.708. The minimum atomic E-state index is -1.54. The van der Waals surface area contributed by atoms with Crippen LogP contribution in [-0.2, 0) is 23.6 Å². The van der Waals surface area contributed by atoms with Gasteiger partial charge in [0.2, 0.25) is 0 Å². The van der Waals surface area contributed by atoms with Gasteiger partial charge in [-0.3, -0.25) is 4.86 Å². The summed E-state index contributed by atoms with van der Waals surface area (Å²) < 4.78 is 0. The van der Waals surface area contributed by atoms with Gasteiger partial charge in [0.05, 0.1) is 0 Å². The van der Waals surface area contributed by atoms with Crippen LogP contribution in [0.3, 0.4) is 0 Å². The van der Waals surface area contributed by atoms with E-state index in [0.29, 0.717) is 23.7 Å². The molecule has 0 aromatic heterocycles. The number of rotatable bonds is 10. The van der Waals surface area contributed by atoms with Gasteiger partial charge in [-0.15, -0.1) is 0 Å². The van der Waals surface area contributed by atoms with Gasteiger partial charge in [0.15, 0.2) is 0 Å².